The topological polar surface area (TPSA) is 63.0 Å². The van der Waals surface area contributed by atoms with Crippen LogP contribution in [-0.4, -0.2) is 18.1 Å². The second kappa shape index (κ2) is 5.72. The maximum Gasteiger partial charge on any atom is 0.340 e. The monoisotopic (exact) mass is 286 g/mol. The van der Waals surface area contributed by atoms with E-state index >= 15 is 0 Å². The molecule has 0 atom stereocenters. The lowest BCUT2D eigenvalue weighted by molar-refractivity contribution is 0.0601. The molecule has 0 unspecified atom stereocenters. The zero-order valence-corrected chi connectivity index (χ0v) is 11.7. The number of hydrogen-bond acceptors (Lipinski definition) is 4. The van der Waals surface area contributed by atoms with E-state index in [4.69, 9.17) is 21.6 Å². The third kappa shape index (κ3) is 2.63. The van der Waals surface area contributed by atoms with Crippen molar-refractivity contribution in [2.24, 2.45) is 0 Å². The molecule has 2 rings (SSSR count). The van der Waals surface area contributed by atoms with E-state index in [1.807, 2.05) is 6.92 Å². The first kappa shape index (κ1) is 14.0. The summed E-state index contributed by atoms with van der Waals surface area (Å²) in [7, 11) is 1.30. The van der Waals surface area contributed by atoms with E-state index in [0.717, 1.165) is 5.69 Å². The van der Waals surface area contributed by atoms with Gasteiger partial charge in [-0.1, -0.05) is 11.6 Å². The molecule has 0 radical (unpaired) electrons. The summed E-state index contributed by atoms with van der Waals surface area (Å²) in [5, 5.41) is 9.44. The highest BCUT2D eigenvalue weighted by Crippen LogP contribution is 2.32. The van der Waals surface area contributed by atoms with Gasteiger partial charge in [0.25, 0.3) is 0 Å². The lowest BCUT2D eigenvalue weighted by atomic mass is 9.99. The van der Waals surface area contributed by atoms with Crippen LogP contribution in [-0.2, 0) is 4.74 Å². The third-order valence-electron chi connectivity index (χ3n) is 2.83. The van der Waals surface area contributed by atoms with Crippen molar-refractivity contribution in [2.75, 3.05) is 7.11 Å². The predicted octanol–water partition coefficient (Wildman–Crippen LogP) is 3.37. The molecule has 0 saturated heterocycles. The number of aryl methyl sites for hydroxylation is 1. The van der Waals surface area contributed by atoms with E-state index in [1.54, 1.807) is 24.3 Å². The van der Waals surface area contributed by atoms with Crippen LogP contribution < -0.4 is 0 Å². The second-order valence-corrected chi connectivity index (χ2v) is 4.58. The quantitative estimate of drug-likeness (QED) is 0.794. The van der Waals surface area contributed by atoms with Crippen LogP contribution in [0.15, 0.2) is 30.5 Å². The molecule has 0 aliphatic rings. The lowest BCUT2D eigenvalue weighted by Crippen LogP contribution is -2.05. The number of nitrogens with zero attached hydrogens (tertiary/aromatic N) is 2. The van der Waals surface area contributed by atoms with Crippen molar-refractivity contribution >= 4 is 17.6 Å². The van der Waals surface area contributed by atoms with E-state index in [2.05, 4.69) is 11.1 Å². The fraction of sp³-hybridized carbons (Fsp3) is 0.133. The van der Waals surface area contributed by atoms with Crippen LogP contribution in [0.5, 0.6) is 0 Å². The maximum atomic E-state index is 11.8. The number of halogens is 1. The van der Waals surface area contributed by atoms with Crippen molar-refractivity contribution in [3.8, 4) is 17.2 Å². The molecule has 1 aromatic heterocycles. The first-order valence-corrected chi connectivity index (χ1v) is 6.19. The number of nitriles is 1. The molecule has 4 nitrogen and oxygen atoms in total. The Morgan fingerprint density at radius 1 is 1.35 bits per heavy atom. The van der Waals surface area contributed by atoms with E-state index in [-0.39, 0.29) is 0 Å². The number of hydrogen-bond donors (Lipinski definition) is 0. The lowest BCUT2D eigenvalue weighted by Gasteiger charge is -2.10. The van der Waals surface area contributed by atoms with Gasteiger partial charge >= 0.3 is 5.97 Å². The molecule has 5 heteroatoms. The molecule has 0 bridgehead atoms. The summed E-state index contributed by atoms with van der Waals surface area (Å²) < 4.78 is 4.75. The normalized spacial score (nSPS) is 9.90. The zero-order chi connectivity index (χ0) is 14.7. The molecule has 0 N–H and O–H groups in total. The molecule has 0 aliphatic carbocycles. The van der Waals surface area contributed by atoms with Crippen molar-refractivity contribution in [2.45, 2.75) is 6.92 Å². The van der Waals surface area contributed by atoms with Crippen molar-refractivity contribution in [1.82, 2.24) is 4.98 Å². The standard InChI is InChI=1S/C15H11ClN2O2/c1-9-5-11(13(8-18-9)15(19)20-2)12-6-10(7-17)3-4-14(12)16/h3-6,8H,1-2H3. The molecule has 2 aromatic rings. The van der Waals surface area contributed by atoms with Crippen LogP contribution in [0.25, 0.3) is 11.1 Å². The predicted molar refractivity (Wildman–Crippen MR) is 75.5 cm³/mol. The molecule has 1 aromatic carbocycles. The summed E-state index contributed by atoms with van der Waals surface area (Å²) in [4.78, 5) is 15.9. The van der Waals surface area contributed by atoms with Crippen LogP contribution in [0, 0.1) is 18.3 Å². The van der Waals surface area contributed by atoms with Crippen LogP contribution >= 0.6 is 11.6 Å². The summed E-state index contributed by atoms with van der Waals surface area (Å²) in [5.41, 5.74) is 2.74. The highest BCUT2D eigenvalue weighted by atomic mass is 35.5. The SMILES string of the molecule is COC(=O)c1cnc(C)cc1-c1cc(C#N)ccc1Cl. The van der Waals surface area contributed by atoms with Gasteiger partial charge in [-0.2, -0.15) is 5.26 Å². The molecule has 100 valence electrons. The van der Waals surface area contributed by atoms with Crippen LogP contribution in [0.4, 0.5) is 0 Å². The van der Waals surface area contributed by atoms with Gasteiger partial charge in [-0.05, 0) is 31.2 Å². The number of aromatic nitrogens is 1. The Labute approximate surface area is 121 Å². The van der Waals surface area contributed by atoms with Crippen molar-refractivity contribution < 1.29 is 9.53 Å². The molecule has 20 heavy (non-hydrogen) atoms. The Bertz CT molecular complexity index is 720. The number of methoxy groups -OCH3 is 1. The first-order valence-electron chi connectivity index (χ1n) is 5.81. The summed E-state index contributed by atoms with van der Waals surface area (Å²) in [6.45, 7) is 1.81. The van der Waals surface area contributed by atoms with Gasteiger partial charge in [0.05, 0.1) is 24.3 Å². The van der Waals surface area contributed by atoms with Gasteiger partial charge in [0, 0.05) is 28.0 Å². The second-order valence-electron chi connectivity index (χ2n) is 4.17. The number of esters is 1. The Balaban J connectivity index is 2.71. The molecule has 1 heterocycles. The Hall–Kier alpha value is -2.38. The highest BCUT2D eigenvalue weighted by Gasteiger charge is 2.16. The van der Waals surface area contributed by atoms with Crippen LogP contribution in [0.2, 0.25) is 5.02 Å². The molecule has 0 saturated carbocycles. The van der Waals surface area contributed by atoms with Crippen molar-refractivity contribution in [3.05, 3.63) is 52.3 Å². The number of ether oxygens (including phenoxy) is 1. The molecular weight excluding hydrogens is 276 g/mol. The maximum absolute atomic E-state index is 11.8. The fourth-order valence-corrected chi connectivity index (χ4v) is 2.08. The number of rotatable bonds is 2. The van der Waals surface area contributed by atoms with Crippen LogP contribution in [0.3, 0.4) is 0 Å². The molecule has 0 aliphatic heterocycles. The van der Waals surface area contributed by atoms with E-state index < -0.39 is 5.97 Å². The first-order chi connectivity index (χ1) is 9.56. The van der Waals surface area contributed by atoms with Gasteiger partial charge in [0.1, 0.15) is 0 Å². The van der Waals surface area contributed by atoms with E-state index in [0.29, 0.717) is 27.3 Å². The third-order valence-corrected chi connectivity index (χ3v) is 3.16. The fourth-order valence-electron chi connectivity index (χ4n) is 1.86. The largest absolute Gasteiger partial charge is 0.465 e. The molecule has 0 fully saturated rings. The minimum Gasteiger partial charge on any atom is -0.465 e. The number of carbonyl (C=O) groups is 1. The summed E-state index contributed by atoms with van der Waals surface area (Å²) >= 11 is 6.18. The average Bonchev–Trinajstić information content (AvgIpc) is 2.47. The number of carbonyl (C=O) groups excluding carboxylic acids is 1. The summed E-state index contributed by atoms with van der Waals surface area (Å²) in [6.07, 6.45) is 1.45. The van der Waals surface area contributed by atoms with Gasteiger partial charge in [0.15, 0.2) is 0 Å². The van der Waals surface area contributed by atoms with Gasteiger partial charge in [0.2, 0.25) is 0 Å². The van der Waals surface area contributed by atoms with Crippen LogP contribution in [0.1, 0.15) is 21.6 Å². The van der Waals surface area contributed by atoms with Gasteiger partial charge < -0.3 is 4.74 Å². The minimum atomic E-state index is -0.495. The number of pyridine rings is 1. The smallest absolute Gasteiger partial charge is 0.340 e. The molecular formula is C15H11ClN2O2. The Morgan fingerprint density at radius 2 is 2.10 bits per heavy atom. The Kier molecular flexibility index (Phi) is 4.02. The van der Waals surface area contributed by atoms with Crippen molar-refractivity contribution in [3.63, 3.8) is 0 Å². The van der Waals surface area contributed by atoms with Gasteiger partial charge in [-0.15, -0.1) is 0 Å². The summed E-state index contributed by atoms with van der Waals surface area (Å²) in [5.74, 6) is -0.495. The zero-order valence-electron chi connectivity index (χ0n) is 11.0. The van der Waals surface area contributed by atoms with Crippen molar-refractivity contribution in [1.29, 1.82) is 5.26 Å². The molecule has 0 amide bonds. The van der Waals surface area contributed by atoms with E-state index in [1.165, 1.54) is 13.3 Å². The van der Waals surface area contributed by atoms with Gasteiger partial charge in [-0.3, -0.25) is 4.98 Å². The highest BCUT2D eigenvalue weighted by molar-refractivity contribution is 6.33. The minimum absolute atomic E-state index is 0.315. The van der Waals surface area contributed by atoms with Gasteiger partial charge in [-0.25, -0.2) is 4.79 Å². The Morgan fingerprint density at radius 3 is 2.75 bits per heavy atom. The molecule has 0 spiro atoms. The number of benzene rings is 1. The average molecular weight is 287 g/mol. The van der Waals surface area contributed by atoms with E-state index in [9.17, 15) is 4.79 Å². The summed E-state index contributed by atoms with van der Waals surface area (Å²) in [6, 6.07) is 8.69.